The molecular weight excluding hydrogens is 439 g/mol. The monoisotopic (exact) mass is 472 g/mol. The van der Waals surface area contributed by atoms with Crippen LogP contribution < -0.4 is 14.8 Å². The summed E-state index contributed by atoms with van der Waals surface area (Å²) < 4.78 is 30.3. The minimum absolute atomic E-state index is 0.0187. The molecule has 2 fully saturated rings. The van der Waals surface area contributed by atoms with Gasteiger partial charge in [0.15, 0.2) is 0 Å². The topological polar surface area (TPSA) is 80.3 Å². The van der Waals surface area contributed by atoms with E-state index in [9.17, 15) is 14.3 Å². The Morgan fingerprint density at radius 3 is 2.59 bits per heavy atom. The predicted octanol–water partition coefficient (Wildman–Crippen LogP) is 2.76. The molecule has 2 aromatic carbocycles. The first-order chi connectivity index (χ1) is 16.4. The summed E-state index contributed by atoms with van der Waals surface area (Å²) >= 11 is 0. The smallest absolute Gasteiger partial charge is 0.223 e. The average Bonchev–Trinajstić information content (AvgIpc) is 3.14. The fourth-order valence-electron chi connectivity index (χ4n) is 4.92. The number of aliphatic hydroxyl groups excluding tert-OH is 1. The van der Waals surface area contributed by atoms with Crippen molar-refractivity contribution < 1.29 is 28.5 Å². The summed E-state index contributed by atoms with van der Waals surface area (Å²) in [6.45, 7) is 1.73. The van der Waals surface area contributed by atoms with Gasteiger partial charge in [0, 0.05) is 38.2 Å². The number of methoxy groups -OCH3 is 1. The Labute approximate surface area is 199 Å². The first-order valence-electron chi connectivity index (χ1n) is 11.8. The lowest BCUT2D eigenvalue weighted by molar-refractivity contribution is -0.129. The van der Waals surface area contributed by atoms with Gasteiger partial charge in [-0.3, -0.25) is 9.69 Å². The number of aliphatic hydroxyl groups is 1. The second kappa shape index (κ2) is 11.2. The zero-order valence-electron chi connectivity index (χ0n) is 19.7. The van der Waals surface area contributed by atoms with E-state index in [2.05, 4.69) is 5.32 Å². The van der Waals surface area contributed by atoms with E-state index in [1.807, 2.05) is 36.2 Å². The van der Waals surface area contributed by atoms with Gasteiger partial charge in [-0.05, 0) is 49.7 Å². The van der Waals surface area contributed by atoms with Crippen molar-refractivity contribution in [2.45, 2.75) is 50.1 Å². The molecule has 8 heteroatoms. The van der Waals surface area contributed by atoms with E-state index < -0.39 is 18.0 Å². The summed E-state index contributed by atoms with van der Waals surface area (Å²) in [7, 11) is 3.55. The van der Waals surface area contributed by atoms with Crippen molar-refractivity contribution in [1.82, 2.24) is 10.2 Å². The summed E-state index contributed by atoms with van der Waals surface area (Å²) in [5.41, 5.74) is 1.06. The third-order valence-electron chi connectivity index (χ3n) is 6.73. The molecule has 34 heavy (non-hydrogen) atoms. The second-order valence-electron chi connectivity index (χ2n) is 9.10. The maximum atomic E-state index is 13.7. The molecule has 1 amide bonds. The maximum Gasteiger partial charge on any atom is 0.223 e. The van der Waals surface area contributed by atoms with E-state index >= 15 is 0 Å². The van der Waals surface area contributed by atoms with Crippen molar-refractivity contribution in [2.24, 2.45) is 5.92 Å². The van der Waals surface area contributed by atoms with E-state index in [4.69, 9.17) is 14.2 Å². The zero-order valence-corrected chi connectivity index (χ0v) is 19.7. The normalized spacial score (nSPS) is 25.3. The molecule has 0 radical (unpaired) electrons. The minimum Gasteiger partial charge on any atom is -0.497 e. The number of hydrogen-bond donors (Lipinski definition) is 2. The lowest BCUT2D eigenvalue weighted by atomic mass is 9.98. The molecule has 0 bridgehead atoms. The van der Waals surface area contributed by atoms with Gasteiger partial charge in [-0.2, -0.15) is 0 Å². The fourth-order valence-corrected chi connectivity index (χ4v) is 4.92. The summed E-state index contributed by atoms with van der Waals surface area (Å²) in [5.74, 6) is 0.619. The van der Waals surface area contributed by atoms with Gasteiger partial charge in [0.05, 0.1) is 19.2 Å². The van der Waals surface area contributed by atoms with Crippen molar-refractivity contribution >= 4 is 5.91 Å². The Bertz CT molecular complexity index is 950. The molecule has 1 heterocycles. The van der Waals surface area contributed by atoms with E-state index in [0.717, 1.165) is 11.3 Å². The largest absolute Gasteiger partial charge is 0.497 e. The van der Waals surface area contributed by atoms with E-state index in [0.29, 0.717) is 44.8 Å². The van der Waals surface area contributed by atoms with Crippen LogP contribution in [0, 0.1) is 11.7 Å². The lowest BCUT2D eigenvalue weighted by Gasteiger charge is -2.33. The SMILES string of the molecule is COc1ccc(CN(C)[C@@H]2[C@@H](O)[C@H](Oc3cccc(F)c3)C[C@H]2NC(=O)C2CCOCC2)cc1. The van der Waals surface area contributed by atoms with Crippen LogP contribution in [0.4, 0.5) is 4.39 Å². The highest BCUT2D eigenvalue weighted by atomic mass is 19.1. The van der Waals surface area contributed by atoms with Gasteiger partial charge < -0.3 is 24.6 Å². The van der Waals surface area contributed by atoms with E-state index in [-0.39, 0.29) is 23.9 Å². The second-order valence-corrected chi connectivity index (χ2v) is 9.10. The molecule has 2 aromatic rings. The number of carbonyl (C=O) groups excluding carboxylic acids is 1. The van der Waals surface area contributed by atoms with Crippen molar-refractivity contribution in [3.8, 4) is 11.5 Å². The third-order valence-corrected chi connectivity index (χ3v) is 6.73. The van der Waals surface area contributed by atoms with Crippen molar-refractivity contribution in [1.29, 1.82) is 0 Å². The Hall–Kier alpha value is -2.68. The number of hydrogen-bond acceptors (Lipinski definition) is 6. The number of amides is 1. The molecule has 2 N–H and O–H groups in total. The molecule has 184 valence electrons. The Morgan fingerprint density at radius 1 is 1.18 bits per heavy atom. The highest BCUT2D eigenvalue weighted by molar-refractivity contribution is 5.79. The Kier molecular flexibility index (Phi) is 8.03. The highest BCUT2D eigenvalue weighted by Gasteiger charge is 2.47. The van der Waals surface area contributed by atoms with Gasteiger partial charge in [-0.15, -0.1) is 0 Å². The van der Waals surface area contributed by atoms with Gasteiger partial charge in [-0.1, -0.05) is 18.2 Å². The summed E-state index contributed by atoms with van der Waals surface area (Å²) in [6, 6.07) is 13.0. The predicted molar refractivity (Wildman–Crippen MR) is 125 cm³/mol. The zero-order chi connectivity index (χ0) is 24.1. The summed E-state index contributed by atoms with van der Waals surface area (Å²) in [4.78, 5) is 15.0. The first-order valence-corrected chi connectivity index (χ1v) is 11.8. The molecule has 4 atom stereocenters. The van der Waals surface area contributed by atoms with Crippen molar-refractivity contribution in [3.05, 3.63) is 59.9 Å². The molecule has 7 nitrogen and oxygen atoms in total. The Balaban J connectivity index is 1.50. The van der Waals surface area contributed by atoms with Crippen LogP contribution in [0.5, 0.6) is 11.5 Å². The number of nitrogens with zero attached hydrogens (tertiary/aromatic N) is 1. The minimum atomic E-state index is -0.869. The number of benzene rings is 2. The number of ether oxygens (including phenoxy) is 3. The molecular formula is C26H33FN2O5. The highest BCUT2D eigenvalue weighted by Crippen LogP contribution is 2.31. The lowest BCUT2D eigenvalue weighted by Crippen LogP contribution is -2.53. The van der Waals surface area contributed by atoms with Gasteiger partial charge >= 0.3 is 0 Å². The third kappa shape index (κ3) is 5.87. The summed E-state index contributed by atoms with van der Waals surface area (Å²) in [5, 5.41) is 14.4. The molecule has 1 aliphatic heterocycles. The van der Waals surface area contributed by atoms with Crippen LogP contribution in [0.25, 0.3) is 0 Å². The number of rotatable bonds is 8. The number of carbonyl (C=O) groups is 1. The molecule has 0 unspecified atom stereocenters. The van der Waals surface area contributed by atoms with Crippen LogP contribution in [0.1, 0.15) is 24.8 Å². The molecule has 0 spiro atoms. The van der Waals surface area contributed by atoms with Gasteiger partial charge in [0.1, 0.15) is 29.5 Å². The van der Waals surface area contributed by atoms with Crippen molar-refractivity contribution in [3.63, 3.8) is 0 Å². The van der Waals surface area contributed by atoms with Gasteiger partial charge in [0.2, 0.25) is 5.91 Å². The first kappa shape index (κ1) is 24.4. The quantitative estimate of drug-likeness (QED) is 0.615. The molecule has 1 saturated carbocycles. The molecule has 2 aliphatic rings. The maximum absolute atomic E-state index is 13.7. The van der Waals surface area contributed by atoms with Crippen LogP contribution in [0.2, 0.25) is 0 Å². The van der Waals surface area contributed by atoms with Gasteiger partial charge in [0.25, 0.3) is 0 Å². The van der Waals surface area contributed by atoms with Gasteiger partial charge in [-0.25, -0.2) is 4.39 Å². The van der Waals surface area contributed by atoms with Crippen LogP contribution in [-0.4, -0.2) is 67.6 Å². The van der Waals surface area contributed by atoms with E-state index in [1.54, 1.807) is 19.2 Å². The average molecular weight is 473 g/mol. The summed E-state index contributed by atoms with van der Waals surface area (Å²) in [6.07, 6.45) is 0.356. The number of halogens is 1. The molecule has 4 rings (SSSR count). The number of nitrogens with one attached hydrogen (secondary N) is 1. The van der Waals surface area contributed by atoms with Crippen LogP contribution in [0.15, 0.2) is 48.5 Å². The fraction of sp³-hybridized carbons (Fsp3) is 0.500. The van der Waals surface area contributed by atoms with E-state index in [1.165, 1.54) is 12.1 Å². The van der Waals surface area contributed by atoms with Crippen LogP contribution >= 0.6 is 0 Å². The standard InChI is InChI=1S/C26H33FN2O5/c1-29(16-17-6-8-20(32-2)9-7-17)24-22(28-26(31)18-10-12-33-13-11-18)15-23(25(24)30)34-21-5-3-4-19(27)14-21/h3-9,14,18,22-25,30H,10-13,15-16H2,1-2H3,(H,28,31)/t22-,23-,24+,25+/m1/s1. The van der Waals surface area contributed by atoms with Crippen molar-refractivity contribution in [2.75, 3.05) is 27.4 Å². The molecule has 1 saturated heterocycles. The number of likely N-dealkylation sites (N-methyl/N-ethyl adjacent to an activating group) is 1. The molecule has 1 aliphatic carbocycles. The molecule has 0 aromatic heterocycles. The van der Waals surface area contributed by atoms with Crippen LogP contribution in [0.3, 0.4) is 0 Å². The van der Waals surface area contributed by atoms with Crippen LogP contribution in [-0.2, 0) is 16.1 Å². The Morgan fingerprint density at radius 2 is 1.91 bits per heavy atom.